The number of aliphatic hydroxyl groups excluding tert-OH is 1. The first-order chi connectivity index (χ1) is 60.7. The summed E-state index contributed by atoms with van der Waals surface area (Å²) >= 11 is 3.06. The number of nitrogens with one attached hydrogen (secondary N) is 14. The van der Waals surface area contributed by atoms with Crippen molar-refractivity contribution in [1.29, 1.82) is 0 Å². The molecule has 0 fully saturated rings. The van der Waals surface area contributed by atoms with E-state index in [1.54, 1.807) is 78.9 Å². The number of benzene rings is 4. The molecule has 4 aromatic carbocycles. The van der Waals surface area contributed by atoms with Gasteiger partial charge >= 0.3 is 23.9 Å². The Kier molecular flexibility index (Phi) is 41.1. The zero-order chi connectivity index (χ0) is 95.8. The van der Waals surface area contributed by atoms with Crippen LogP contribution in [0.4, 0.5) is 0 Å². The number of hydrogen-bond donors (Lipinski definition) is 22. The predicted octanol–water partition coefficient (Wildman–Crippen LogP) is -3.28. The summed E-state index contributed by atoms with van der Waals surface area (Å²) in [7, 11) is 0. The zero-order valence-corrected chi connectivity index (χ0v) is 74.6. The molecular formula is C84H113N17O25S3. The Morgan fingerprint density at radius 2 is 0.860 bits per heavy atom. The molecule has 0 saturated carbocycles. The molecular weight excluding hydrogens is 1740 g/mol. The standard InChI is InChI=1S/C84H113N17O25S3/c1-40(44(5)102)25-54-76(119)97-59(33-67(110)111)80(123)101-68(84(6,7)8)83(126)98-60(69(87)112)37-127-34-46-26-47-28-48(27-46)36-129-39-62(82(125)91-53(22-24-65(106)107)74(117)96-58(32-66(108)109)79(122)94-55(77(120)93-54)29-45-15-10-9-11-16-45)100-72(115)43(4)88-75(118)56(30-50-19-14-18-49-17-12-13-20-51(49)50)95-73(116)52(21-23-64(104)105)90-78(121)57(31-63(86)103)92-71(114)42(3)89-81(124)61(38-128-35-47)99-70(113)41(2)85/h9-20,26-28,40-44,52-62,68,102H,21-25,29-39,85H2,1-8H3,(H2,86,103)(H2,87,112)(H,88,118)(H,89,124)(H,90,121)(H,91,125)(H,92,114)(H,93,120)(H,94,122)(H,95,116)(H,96,117)(H,97,119)(H,98,126)(H,99,113)(H,100,115)(H,101,123)(H,104,105)(H,106,107)(H,108,109)(H,110,111)/t40?,41-,42+,43+,44+,52-,53-,54-,55-,56-,57-,58-,59-,60-,61-,62+,68+/m0/s1. The van der Waals surface area contributed by atoms with Gasteiger partial charge in [-0.25, -0.2) is 0 Å². The summed E-state index contributed by atoms with van der Waals surface area (Å²) in [4.78, 5) is 281. The van der Waals surface area contributed by atoms with Gasteiger partial charge < -0.3 is 117 Å². The van der Waals surface area contributed by atoms with Crippen LogP contribution < -0.4 is 91.6 Å². The number of primary amides is 2. The molecule has 129 heavy (non-hydrogen) atoms. The maximum absolute atomic E-state index is 15.3. The van der Waals surface area contributed by atoms with Crippen molar-refractivity contribution >= 4 is 164 Å². The molecule has 702 valence electrons. The minimum Gasteiger partial charge on any atom is -0.481 e. The van der Waals surface area contributed by atoms with E-state index >= 15 is 9.59 Å². The van der Waals surface area contributed by atoms with E-state index in [1.807, 2.05) is 0 Å². The fraction of sp³-hybridized carbons (Fsp3) is 0.500. The SMILES string of the molecule is CC(C[C@@H]1NC(=O)[C@H](Cc2ccccc2)NC(=O)[C@H](CC(=O)O)NC(=O)[C@H](CCC(=O)O)NC(=O)[C@H]2CSCc3cc(cc(c3)CSC[C@H](NC(=O)[C@H](C)N)C(=O)N[C@H](C)C(=O)N[C@@H](CC(N)=O)C(=O)N[C@@H](CCC(=O)O)C(=O)N[C@@H](Cc3cccc4ccccc34)C(=O)N[C@H](C)C(=O)N2)CSC[C@@H](C(N)=O)NC(=O)[C@H](C(C)(C)C)NC(=O)[C@H](CC(=O)O)NC1=O)[C@@H](C)O. The fourth-order valence-corrected chi connectivity index (χ4v) is 16.3. The smallest absolute Gasteiger partial charge is 0.305 e. The summed E-state index contributed by atoms with van der Waals surface area (Å²) in [5.74, 6) is -27.2. The highest BCUT2D eigenvalue weighted by Crippen LogP contribution is 2.27. The first-order valence-electron chi connectivity index (χ1n) is 41.2. The minimum atomic E-state index is -2.22. The normalized spacial score (nSPS) is 24.8. The van der Waals surface area contributed by atoms with E-state index in [2.05, 4.69) is 74.4 Å². The second-order valence-electron chi connectivity index (χ2n) is 32.6. The number of carbonyl (C=O) groups excluding carboxylic acids is 16. The fourth-order valence-electron chi connectivity index (χ4n) is 13.3. The van der Waals surface area contributed by atoms with Gasteiger partial charge in [-0.05, 0) is 96.9 Å². The lowest BCUT2D eigenvalue weighted by Gasteiger charge is -2.33. The van der Waals surface area contributed by atoms with Gasteiger partial charge in [0, 0.05) is 60.2 Å². The number of carboxylic acids is 4. The molecule has 17 atom stereocenters. The van der Waals surface area contributed by atoms with E-state index in [-0.39, 0.29) is 28.8 Å². The van der Waals surface area contributed by atoms with Crippen molar-refractivity contribution in [3.63, 3.8) is 0 Å². The van der Waals surface area contributed by atoms with Gasteiger partial charge in [-0.2, -0.15) is 35.3 Å². The van der Waals surface area contributed by atoms with E-state index in [1.165, 1.54) is 60.6 Å². The summed E-state index contributed by atoms with van der Waals surface area (Å²) < 4.78 is 0. The summed E-state index contributed by atoms with van der Waals surface area (Å²) in [6.45, 7) is 11.0. The molecule has 45 heteroatoms. The van der Waals surface area contributed by atoms with E-state index in [4.69, 9.17) is 17.2 Å². The van der Waals surface area contributed by atoms with Gasteiger partial charge in [0.2, 0.25) is 94.5 Å². The lowest BCUT2D eigenvalue weighted by molar-refractivity contribution is -0.143. The van der Waals surface area contributed by atoms with Crippen molar-refractivity contribution in [3.8, 4) is 0 Å². The highest BCUT2D eigenvalue weighted by atomic mass is 32.2. The summed E-state index contributed by atoms with van der Waals surface area (Å²) in [5.41, 5.74) is 18.3. The average Bonchev–Trinajstić information content (AvgIpc) is 0.817. The number of nitrogens with two attached hydrogens (primary N) is 3. The van der Waals surface area contributed by atoms with Crippen LogP contribution in [0.5, 0.6) is 0 Å². The van der Waals surface area contributed by atoms with E-state index in [0.29, 0.717) is 38.6 Å². The number of carboxylic acid groups (broad SMARTS) is 4. The molecule has 25 N–H and O–H groups in total. The molecule has 16 amide bonds. The first kappa shape index (κ1) is 105. The summed E-state index contributed by atoms with van der Waals surface area (Å²) in [6, 6.07) is -1.99. The molecule has 2 heterocycles. The monoisotopic (exact) mass is 1860 g/mol. The maximum atomic E-state index is 15.3. The van der Waals surface area contributed by atoms with Gasteiger partial charge in [0.15, 0.2) is 0 Å². The van der Waals surface area contributed by atoms with Crippen molar-refractivity contribution in [1.82, 2.24) is 74.4 Å². The third-order valence-corrected chi connectivity index (χ3v) is 23.9. The summed E-state index contributed by atoms with van der Waals surface area (Å²) in [6.07, 6.45) is -9.15. The average molecular weight is 1860 g/mol. The van der Waals surface area contributed by atoms with Gasteiger partial charge in [-0.15, -0.1) is 0 Å². The van der Waals surface area contributed by atoms with E-state index < -0.39 is 296 Å². The Bertz CT molecular complexity index is 4780. The maximum Gasteiger partial charge on any atom is 0.305 e. The molecule has 4 bridgehead atoms. The lowest BCUT2D eigenvalue weighted by atomic mass is 9.85. The first-order valence-corrected chi connectivity index (χ1v) is 44.6. The molecule has 4 aromatic rings. The number of fused-ring (bicyclic) bond motifs is 6. The van der Waals surface area contributed by atoms with Gasteiger partial charge in [0.05, 0.1) is 31.4 Å². The van der Waals surface area contributed by atoms with Crippen LogP contribution in [0.3, 0.4) is 0 Å². The zero-order valence-electron chi connectivity index (χ0n) is 72.1. The number of aliphatic carboxylic acids is 4. The van der Waals surface area contributed by atoms with Crippen molar-refractivity contribution in [2.24, 2.45) is 28.5 Å². The minimum absolute atomic E-state index is 0.00834. The number of amides is 16. The highest BCUT2D eigenvalue weighted by molar-refractivity contribution is 7.99. The Labute approximate surface area is 754 Å². The van der Waals surface area contributed by atoms with Crippen molar-refractivity contribution in [2.45, 2.75) is 234 Å². The Morgan fingerprint density at radius 3 is 1.37 bits per heavy atom. The number of thioether (sulfide) groups is 3. The molecule has 2 aliphatic rings. The Hall–Kier alpha value is -12.5. The third-order valence-electron chi connectivity index (χ3n) is 20.6. The van der Waals surface area contributed by atoms with Gasteiger partial charge in [-0.3, -0.25) is 95.9 Å². The molecule has 42 nitrogen and oxygen atoms in total. The molecule has 0 aliphatic carbocycles. The molecule has 6 rings (SSSR count). The van der Waals surface area contributed by atoms with Crippen LogP contribution in [-0.2, 0) is 126 Å². The topological polar surface area (TPSA) is 689 Å². The molecule has 1 unspecified atom stereocenters. The Morgan fingerprint density at radius 1 is 0.442 bits per heavy atom. The van der Waals surface area contributed by atoms with Crippen LogP contribution in [0.15, 0.2) is 91.0 Å². The molecule has 2 aliphatic heterocycles. The molecule has 0 spiro atoms. The Balaban J connectivity index is 1.57. The van der Waals surface area contributed by atoms with Crippen LogP contribution in [-0.4, -0.2) is 258 Å². The van der Waals surface area contributed by atoms with Crippen LogP contribution in [0, 0.1) is 11.3 Å². The summed E-state index contributed by atoms with van der Waals surface area (Å²) in [5, 5.41) is 86.6. The van der Waals surface area contributed by atoms with Gasteiger partial charge in [0.25, 0.3) is 0 Å². The highest BCUT2D eigenvalue weighted by Gasteiger charge is 2.42. The lowest BCUT2D eigenvalue weighted by Crippen LogP contribution is -2.62. The predicted molar refractivity (Wildman–Crippen MR) is 471 cm³/mol. The van der Waals surface area contributed by atoms with Gasteiger partial charge in [0.1, 0.15) is 84.6 Å². The second-order valence-corrected chi connectivity index (χ2v) is 35.6. The van der Waals surface area contributed by atoms with Crippen LogP contribution in [0.25, 0.3) is 10.8 Å². The quantitative estimate of drug-likeness (QED) is 0.0367. The van der Waals surface area contributed by atoms with E-state index in [9.17, 15) is 112 Å². The van der Waals surface area contributed by atoms with E-state index in [0.717, 1.165) is 42.2 Å². The van der Waals surface area contributed by atoms with Crippen LogP contribution in [0.1, 0.15) is 135 Å². The van der Waals surface area contributed by atoms with Crippen LogP contribution >= 0.6 is 35.3 Å². The molecule has 0 radical (unpaired) electrons. The van der Waals surface area contributed by atoms with Crippen molar-refractivity contribution in [2.75, 3.05) is 17.3 Å². The number of aliphatic hydroxyl groups is 1. The van der Waals surface area contributed by atoms with Crippen molar-refractivity contribution in [3.05, 3.63) is 119 Å². The second kappa shape index (κ2) is 50.3. The van der Waals surface area contributed by atoms with Crippen LogP contribution in [0.2, 0.25) is 0 Å². The molecule has 0 aromatic heterocycles. The number of rotatable bonds is 22. The van der Waals surface area contributed by atoms with Crippen molar-refractivity contribution < 1.29 is 121 Å². The largest absolute Gasteiger partial charge is 0.481 e. The third kappa shape index (κ3) is 34.9. The number of carbonyl (C=O) groups is 20. The van der Waals surface area contributed by atoms with Gasteiger partial charge in [-0.1, -0.05) is 119 Å². The molecule has 0 saturated heterocycles. The number of hydrogen-bond acceptors (Lipinski definition) is 25.